The number of thiophene rings is 1. The lowest BCUT2D eigenvalue weighted by atomic mass is 10.0. The van der Waals surface area contributed by atoms with Crippen LogP contribution in [0.5, 0.6) is 0 Å². The van der Waals surface area contributed by atoms with Gasteiger partial charge in [0.25, 0.3) is 5.56 Å². The van der Waals surface area contributed by atoms with Crippen LogP contribution >= 0.6 is 22.9 Å². The SMILES string of the molecule is C=C1CCC(n2c(C)nc3scc(CNC(=O)Nc4ccc(C)c(Cl)c4)c3c2=O)C(=O)N1. The van der Waals surface area contributed by atoms with Crippen molar-refractivity contribution in [1.29, 1.82) is 0 Å². The van der Waals surface area contributed by atoms with E-state index < -0.39 is 12.1 Å². The Morgan fingerprint density at radius 2 is 2.16 bits per heavy atom. The van der Waals surface area contributed by atoms with Crippen LogP contribution in [0.1, 0.15) is 35.8 Å². The molecule has 0 spiro atoms. The molecule has 8 nitrogen and oxygen atoms in total. The summed E-state index contributed by atoms with van der Waals surface area (Å²) in [4.78, 5) is 43.3. The molecule has 4 rings (SSSR count). The van der Waals surface area contributed by atoms with Gasteiger partial charge in [-0.3, -0.25) is 14.2 Å². The number of carbonyl (C=O) groups excluding carboxylic acids is 2. The van der Waals surface area contributed by atoms with Gasteiger partial charge in [0.2, 0.25) is 5.91 Å². The second-order valence-corrected chi connectivity index (χ2v) is 8.96. The quantitative estimate of drug-likeness (QED) is 0.534. The maximum atomic E-state index is 13.3. The predicted octanol–water partition coefficient (Wildman–Crippen LogP) is 4.01. The first-order chi connectivity index (χ1) is 15.2. The zero-order valence-corrected chi connectivity index (χ0v) is 19.2. The second kappa shape index (κ2) is 8.76. The van der Waals surface area contributed by atoms with Crippen molar-refractivity contribution in [3.63, 3.8) is 0 Å². The van der Waals surface area contributed by atoms with Crippen LogP contribution < -0.4 is 21.5 Å². The molecule has 0 radical (unpaired) electrons. The molecule has 3 aromatic rings. The van der Waals surface area contributed by atoms with Crippen LogP contribution in [-0.4, -0.2) is 21.5 Å². The van der Waals surface area contributed by atoms with Gasteiger partial charge in [0, 0.05) is 23.0 Å². The Morgan fingerprint density at radius 3 is 2.88 bits per heavy atom. The number of anilines is 1. The molecule has 3 N–H and O–H groups in total. The molecular weight excluding hydrogens is 450 g/mol. The smallest absolute Gasteiger partial charge is 0.319 e. The number of aryl methyl sites for hydroxylation is 2. The summed E-state index contributed by atoms with van der Waals surface area (Å²) in [6.07, 6.45) is 1.08. The van der Waals surface area contributed by atoms with Gasteiger partial charge >= 0.3 is 6.03 Å². The minimum atomic E-state index is -0.639. The molecule has 10 heteroatoms. The van der Waals surface area contributed by atoms with E-state index in [4.69, 9.17) is 11.6 Å². The molecule has 1 atom stereocenters. The highest BCUT2D eigenvalue weighted by Crippen LogP contribution is 2.26. The number of aromatic nitrogens is 2. The van der Waals surface area contributed by atoms with Gasteiger partial charge in [0.1, 0.15) is 16.7 Å². The Labute approximate surface area is 193 Å². The van der Waals surface area contributed by atoms with Gasteiger partial charge in [-0.15, -0.1) is 11.3 Å². The van der Waals surface area contributed by atoms with Gasteiger partial charge in [0.05, 0.1) is 5.39 Å². The van der Waals surface area contributed by atoms with Gasteiger partial charge in [-0.25, -0.2) is 9.78 Å². The summed E-state index contributed by atoms with van der Waals surface area (Å²) in [5.41, 5.74) is 2.49. The fourth-order valence-electron chi connectivity index (χ4n) is 3.69. The molecule has 3 amide bonds. The monoisotopic (exact) mass is 471 g/mol. The number of benzene rings is 1. The molecule has 1 saturated heterocycles. The number of carbonyl (C=O) groups is 2. The van der Waals surface area contributed by atoms with Crippen LogP contribution in [0.15, 0.2) is 40.6 Å². The fourth-order valence-corrected chi connectivity index (χ4v) is 4.85. The third-order valence-electron chi connectivity index (χ3n) is 5.40. The normalized spacial score (nSPS) is 16.2. The summed E-state index contributed by atoms with van der Waals surface area (Å²) in [5.74, 6) is 0.212. The van der Waals surface area contributed by atoms with Gasteiger partial charge in [-0.1, -0.05) is 24.2 Å². The highest BCUT2D eigenvalue weighted by atomic mass is 35.5. The van der Waals surface area contributed by atoms with Crippen LogP contribution in [0.4, 0.5) is 10.5 Å². The molecule has 0 bridgehead atoms. The van der Waals surface area contributed by atoms with Crippen LogP contribution in [0.3, 0.4) is 0 Å². The molecule has 3 heterocycles. The molecular formula is C22H22ClN5O3S. The van der Waals surface area contributed by atoms with Crippen LogP contribution in [-0.2, 0) is 11.3 Å². The number of hydrogen-bond donors (Lipinski definition) is 3. The summed E-state index contributed by atoms with van der Waals surface area (Å²) in [7, 11) is 0. The van der Waals surface area contributed by atoms with E-state index >= 15 is 0 Å². The topological polar surface area (TPSA) is 105 Å². The van der Waals surface area contributed by atoms with E-state index in [0.717, 1.165) is 5.56 Å². The summed E-state index contributed by atoms with van der Waals surface area (Å²) in [6.45, 7) is 7.52. The lowest BCUT2D eigenvalue weighted by molar-refractivity contribution is -0.124. The van der Waals surface area contributed by atoms with Gasteiger partial charge < -0.3 is 16.0 Å². The Hall–Kier alpha value is -3.17. The van der Waals surface area contributed by atoms with E-state index in [1.807, 2.05) is 13.0 Å². The van der Waals surface area contributed by atoms with Crippen molar-refractivity contribution in [2.24, 2.45) is 0 Å². The van der Waals surface area contributed by atoms with Crippen LogP contribution in [0.25, 0.3) is 10.2 Å². The van der Waals surface area contributed by atoms with Crippen LogP contribution in [0, 0.1) is 13.8 Å². The molecule has 1 fully saturated rings. The number of urea groups is 1. The molecule has 0 aliphatic carbocycles. The molecule has 32 heavy (non-hydrogen) atoms. The number of piperidine rings is 1. The molecule has 1 aliphatic heterocycles. The lowest BCUT2D eigenvalue weighted by Gasteiger charge is -2.26. The second-order valence-electron chi connectivity index (χ2n) is 7.69. The van der Waals surface area contributed by atoms with E-state index in [1.165, 1.54) is 15.9 Å². The highest BCUT2D eigenvalue weighted by molar-refractivity contribution is 7.16. The minimum Gasteiger partial charge on any atom is -0.334 e. The van der Waals surface area contributed by atoms with Crippen molar-refractivity contribution >= 4 is 50.8 Å². The van der Waals surface area contributed by atoms with E-state index in [1.54, 1.807) is 24.4 Å². The number of halogens is 1. The lowest BCUT2D eigenvalue weighted by Crippen LogP contribution is -2.41. The summed E-state index contributed by atoms with van der Waals surface area (Å²) in [5, 5.41) is 11.0. The van der Waals surface area contributed by atoms with Crippen molar-refractivity contribution in [2.75, 3.05) is 5.32 Å². The summed E-state index contributed by atoms with van der Waals surface area (Å²) in [6, 6.07) is 4.19. The van der Waals surface area contributed by atoms with Crippen LogP contribution in [0.2, 0.25) is 5.02 Å². The van der Waals surface area contributed by atoms with Crippen molar-refractivity contribution in [3.05, 3.63) is 68.2 Å². The highest BCUT2D eigenvalue weighted by Gasteiger charge is 2.29. The van der Waals surface area contributed by atoms with E-state index in [-0.39, 0.29) is 18.0 Å². The fraction of sp³-hybridized carbons (Fsp3) is 0.273. The van der Waals surface area contributed by atoms with E-state index in [2.05, 4.69) is 27.5 Å². The first-order valence-electron chi connectivity index (χ1n) is 10.0. The zero-order chi connectivity index (χ0) is 23.0. The van der Waals surface area contributed by atoms with Gasteiger partial charge in [-0.05, 0) is 55.3 Å². The average molecular weight is 472 g/mol. The molecule has 2 aromatic heterocycles. The minimum absolute atomic E-state index is 0.138. The number of amides is 3. The number of hydrogen-bond acceptors (Lipinski definition) is 5. The average Bonchev–Trinajstić information content (AvgIpc) is 3.13. The van der Waals surface area contributed by atoms with Crippen molar-refractivity contribution in [1.82, 2.24) is 20.2 Å². The van der Waals surface area contributed by atoms with E-state index in [9.17, 15) is 14.4 Å². The Kier molecular flexibility index (Phi) is 6.03. The van der Waals surface area contributed by atoms with Gasteiger partial charge in [-0.2, -0.15) is 0 Å². The molecule has 1 aliphatic rings. The number of nitrogens with one attached hydrogen (secondary N) is 3. The molecule has 166 valence electrons. The number of nitrogens with zero attached hydrogens (tertiary/aromatic N) is 2. The molecule has 1 aromatic carbocycles. The van der Waals surface area contributed by atoms with E-state index in [0.29, 0.717) is 50.9 Å². The maximum absolute atomic E-state index is 13.3. The standard InChI is InChI=1S/C22H22ClN5O3S/c1-11-4-6-15(8-16(11)23)27-22(31)24-9-14-10-32-20-18(14)21(30)28(13(3)26-20)17-7-5-12(2)25-19(17)29/h4,6,8,10,17H,2,5,7,9H2,1,3H3,(H,25,29)(H2,24,27,31). The predicted molar refractivity (Wildman–Crippen MR) is 126 cm³/mol. The number of rotatable bonds is 4. The van der Waals surface area contributed by atoms with Gasteiger partial charge in [0.15, 0.2) is 0 Å². The third-order valence-corrected chi connectivity index (χ3v) is 6.72. The first-order valence-corrected chi connectivity index (χ1v) is 11.3. The Balaban J connectivity index is 1.56. The first kappa shape index (κ1) is 22.0. The van der Waals surface area contributed by atoms with Crippen molar-refractivity contribution in [3.8, 4) is 0 Å². The maximum Gasteiger partial charge on any atom is 0.319 e. The Bertz CT molecular complexity index is 1310. The zero-order valence-electron chi connectivity index (χ0n) is 17.6. The summed E-state index contributed by atoms with van der Waals surface area (Å²) < 4.78 is 1.44. The molecule has 0 saturated carbocycles. The van der Waals surface area contributed by atoms with Crippen molar-refractivity contribution < 1.29 is 9.59 Å². The number of fused-ring (bicyclic) bond motifs is 1. The summed E-state index contributed by atoms with van der Waals surface area (Å²) >= 11 is 7.43. The number of allylic oxidation sites excluding steroid dienone is 1. The van der Waals surface area contributed by atoms with Crippen molar-refractivity contribution in [2.45, 2.75) is 39.3 Å². The Morgan fingerprint density at radius 1 is 1.38 bits per heavy atom. The molecule has 1 unspecified atom stereocenters. The largest absolute Gasteiger partial charge is 0.334 e. The third kappa shape index (κ3) is 4.26.